The van der Waals surface area contributed by atoms with Crippen LogP contribution in [0.1, 0.15) is 71.1 Å². The Bertz CT molecular complexity index is 368. The molecule has 0 aromatic rings. The van der Waals surface area contributed by atoms with Crippen molar-refractivity contribution in [3.8, 4) is 0 Å². The molecular weight excluding hydrogens is 403 g/mol. The first-order valence-corrected chi connectivity index (χ1v) is 12.8. The smallest absolute Gasteiger partial charge is 0.394 e. The third-order valence-electron chi connectivity index (χ3n) is 3.87. The first-order valence-electron chi connectivity index (χ1n) is 10.0. The van der Waals surface area contributed by atoms with Gasteiger partial charge in [-0.25, -0.2) is 0 Å². The summed E-state index contributed by atoms with van der Waals surface area (Å²) in [5, 5.41) is 42.6. The van der Waals surface area contributed by atoms with Gasteiger partial charge in [0.15, 0.2) is 0 Å². The minimum Gasteiger partial charge on any atom is -0.394 e. The Morgan fingerprint density at radius 3 is 1.25 bits per heavy atom. The second-order valence-electron chi connectivity index (χ2n) is 6.62. The minimum absolute atomic E-state index is 0.641. The summed E-state index contributed by atoms with van der Waals surface area (Å²) in [6.45, 7) is 1.00. The molecule has 28 heavy (non-hydrogen) atoms. The van der Waals surface area contributed by atoms with Crippen LogP contribution in [0.15, 0.2) is 0 Å². The van der Waals surface area contributed by atoms with Gasteiger partial charge in [-0.05, 0) is 0 Å². The van der Waals surface area contributed by atoms with E-state index in [4.69, 9.17) is 43.1 Å². The van der Waals surface area contributed by atoms with E-state index in [-0.39, 0.29) is 0 Å². The number of hydrogen-bond acceptors (Lipinski definition) is 7. The van der Waals surface area contributed by atoms with E-state index in [1.165, 1.54) is 95.8 Å². The van der Waals surface area contributed by atoms with Crippen LogP contribution < -0.4 is 0 Å². The average Bonchev–Trinajstić information content (AvgIpc) is 2.64. The van der Waals surface area contributed by atoms with Gasteiger partial charge in [-0.2, -0.15) is 8.42 Å². The SMILES string of the molecule is CCCCCCCCCCC[CH2][Na].O=S(=O)(O)O.OCC(O)C(O)C(O)CO. The second-order valence-corrected chi connectivity index (χ2v) is 8.52. The van der Waals surface area contributed by atoms with Crippen molar-refractivity contribution in [1.82, 2.24) is 0 Å². The average molecular weight is 443 g/mol. The zero-order valence-corrected chi connectivity index (χ0v) is 20.1. The topological polar surface area (TPSA) is 176 Å². The Morgan fingerprint density at radius 1 is 0.714 bits per heavy atom. The van der Waals surface area contributed by atoms with Crippen LogP contribution >= 0.6 is 0 Å². The van der Waals surface area contributed by atoms with Gasteiger partial charge < -0.3 is 25.5 Å². The maximum Gasteiger partial charge on any atom is 0.394 e. The summed E-state index contributed by atoms with van der Waals surface area (Å²) in [7, 11) is -4.67. The number of aliphatic hydroxyl groups excluding tert-OH is 5. The maximum atomic E-state index is 8.77. The molecule has 0 fully saturated rings. The zero-order chi connectivity index (χ0) is 22.4. The van der Waals surface area contributed by atoms with Crippen molar-refractivity contribution < 1.29 is 43.1 Å². The summed E-state index contributed by atoms with van der Waals surface area (Å²) in [4.78, 5) is 0. The van der Waals surface area contributed by atoms with Crippen molar-refractivity contribution in [2.75, 3.05) is 13.2 Å². The molecule has 0 radical (unpaired) electrons. The van der Waals surface area contributed by atoms with Crippen molar-refractivity contribution in [2.24, 2.45) is 0 Å². The Balaban J connectivity index is -0.000000368. The third kappa shape index (κ3) is 34.2. The van der Waals surface area contributed by atoms with E-state index in [2.05, 4.69) is 6.92 Å². The Hall–Kier alpha value is 0.670. The molecule has 9 nitrogen and oxygen atoms in total. The molecule has 168 valence electrons. The van der Waals surface area contributed by atoms with Gasteiger partial charge in [-0.1, -0.05) is 0 Å². The standard InChI is InChI=1S/C12H25.C5H12O5.Na.H2O4S/c1-3-5-7-9-11-12-10-8-6-4-2;6-1-3(8)5(10)4(9)2-7;;1-5(2,3)4/h1,3-12H2,2H3;3-10H,1-2H2;;(H2,1,2,3,4). The Kier molecular flexibility index (Phi) is 28.5. The summed E-state index contributed by atoms with van der Waals surface area (Å²) in [6.07, 6.45) is 10.4. The molecule has 0 aliphatic rings. The number of aliphatic hydroxyl groups is 5. The molecule has 0 heterocycles. The van der Waals surface area contributed by atoms with Crippen LogP contribution in [0.2, 0.25) is 3.67 Å². The molecule has 0 bridgehead atoms. The predicted molar refractivity (Wildman–Crippen MR) is 109 cm³/mol. The molecule has 0 aliphatic carbocycles. The number of unbranched alkanes of at least 4 members (excludes halogenated alkanes) is 9. The summed E-state index contributed by atoms with van der Waals surface area (Å²) in [5.74, 6) is 0. The van der Waals surface area contributed by atoms with Gasteiger partial charge in [0.2, 0.25) is 0 Å². The van der Waals surface area contributed by atoms with Gasteiger partial charge in [0.25, 0.3) is 0 Å². The van der Waals surface area contributed by atoms with Crippen molar-refractivity contribution in [2.45, 2.75) is 93.1 Å². The van der Waals surface area contributed by atoms with E-state index < -0.39 is 41.9 Å². The van der Waals surface area contributed by atoms with E-state index in [1.807, 2.05) is 0 Å². The fourth-order valence-corrected chi connectivity index (χ4v) is 2.71. The molecule has 0 aromatic heterocycles. The van der Waals surface area contributed by atoms with E-state index in [0.717, 1.165) is 0 Å². The Labute approximate surface area is 187 Å². The van der Waals surface area contributed by atoms with E-state index in [0.29, 0.717) is 0 Å². The summed E-state index contributed by atoms with van der Waals surface area (Å²) in [5.41, 5.74) is 0. The van der Waals surface area contributed by atoms with Crippen LogP contribution in [0, 0.1) is 0 Å². The molecule has 0 saturated carbocycles. The molecule has 0 aliphatic heterocycles. The van der Waals surface area contributed by atoms with E-state index >= 15 is 0 Å². The normalized spacial score (nSPS) is 14.2. The number of rotatable bonds is 14. The van der Waals surface area contributed by atoms with Crippen molar-refractivity contribution >= 4 is 38.3 Å². The van der Waals surface area contributed by atoms with Crippen LogP contribution in [-0.4, -0.2) is 103 Å². The van der Waals surface area contributed by atoms with Crippen LogP contribution in [0.25, 0.3) is 0 Å². The molecular formula is C17H39NaO9S. The molecule has 2 atom stereocenters. The molecule has 0 rings (SSSR count). The molecule has 0 spiro atoms. The fraction of sp³-hybridized carbons (Fsp3) is 1.00. The van der Waals surface area contributed by atoms with Crippen LogP contribution in [0.3, 0.4) is 0 Å². The van der Waals surface area contributed by atoms with E-state index in [9.17, 15) is 0 Å². The van der Waals surface area contributed by atoms with Crippen LogP contribution in [0.4, 0.5) is 0 Å². The molecule has 2 unspecified atom stereocenters. The molecule has 0 saturated heterocycles. The zero-order valence-electron chi connectivity index (χ0n) is 17.3. The Morgan fingerprint density at radius 2 is 1.00 bits per heavy atom. The quantitative estimate of drug-likeness (QED) is 0.117. The van der Waals surface area contributed by atoms with Crippen molar-refractivity contribution in [1.29, 1.82) is 0 Å². The summed E-state index contributed by atoms with van der Waals surface area (Å²) < 4.78 is 33.1. The van der Waals surface area contributed by atoms with E-state index in [1.54, 1.807) is 0 Å². The van der Waals surface area contributed by atoms with Gasteiger partial charge in [0.05, 0.1) is 13.2 Å². The van der Waals surface area contributed by atoms with Crippen molar-refractivity contribution in [3.63, 3.8) is 0 Å². The molecule has 7 N–H and O–H groups in total. The van der Waals surface area contributed by atoms with Gasteiger partial charge >= 0.3 is 113 Å². The largest absolute Gasteiger partial charge is 0.394 e. The minimum atomic E-state index is -4.67. The van der Waals surface area contributed by atoms with Gasteiger partial charge in [-0.3, -0.25) is 9.11 Å². The van der Waals surface area contributed by atoms with Gasteiger partial charge in [0.1, 0.15) is 18.3 Å². The van der Waals surface area contributed by atoms with Crippen molar-refractivity contribution in [3.05, 3.63) is 0 Å². The maximum absolute atomic E-state index is 8.77. The van der Waals surface area contributed by atoms with Gasteiger partial charge in [0, 0.05) is 0 Å². The van der Waals surface area contributed by atoms with Crippen LogP contribution in [-0.2, 0) is 10.4 Å². The molecule has 0 aromatic carbocycles. The molecule has 0 amide bonds. The summed E-state index contributed by atoms with van der Waals surface area (Å²) in [6, 6.07) is 0. The predicted octanol–water partition coefficient (Wildman–Crippen LogP) is 0.895. The fourth-order valence-electron chi connectivity index (χ4n) is 2.21. The van der Waals surface area contributed by atoms with Crippen LogP contribution in [0.5, 0.6) is 0 Å². The molecule has 11 heteroatoms. The van der Waals surface area contributed by atoms with Gasteiger partial charge in [-0.15, -0.1) is 0 Å². The first-order chi connectivity index (χ1) is 13.0. The second kappa shape index (κ2) is 23.9. The first kappa shape index (κ1) is 33.3. The number of hydrogen-bond donors (Lipinski definition) is 7. The third-order valence-corrected chi connectivity index (χ3v) is 4.58. The monoisotopic (exact) mass is 442 g/mol. The summed E-state index contributed by atoms with van der Waals surface area (Å²) >= 11 is 1.41.